The van der Waals surface area contributed by atoms with Crippen molar-refractivity contribution in [3.05, 3.63) is 30.2 Å². The summed E-state index contributed by atoms with van der Waals surface area (Å²) in [6.45, 7) is 1.90. The number of aromatic hydroxyl groups is 1. The first-order chi connectivity index (χ1) is 6.27. The topological polar surface area (TPSA) is 59.2 Å². The quantitative estimate of drug-likeness (QED) is 0.719. The van der Waals surface area contributed by atoms with Gasteiger partial charge in [0.2, 0.25) is 12.2 Å². The maximum absolute atomic E-state index is 9.54. The molecule has 0 fully saturated rings. The van der Waals surface area contributed by atoms with Gasteiger partial charge in [-0.25, -0.2) is 0 Å². The molecule has 2 aromatic rings. The summed E-state index contributed by atoms with van der Waals surface area (Å²) in [5.41, 5.74) is 1.57. The van der Waals surface area contributed by atoms with Crippen LogP contribution in [0.2, 0.25) is 0 Å². The molecule has 0 saturated heterocycles. The third-order valence-electron chi connectivity index (χ3n) is 1.76. The van der Waals surface area contributed by atoms with E-state index in [0.29, 0.717) is 11.4 Å². The van der Waals surface area contributed by atoms with Crippen molar-refractivity contribution in [3.63, 3.8) is 0 Å². The predicted octanol–water partition coefficient (Wildman–Crippen LogP) is 1.75. The molecule has 0 aliphatic carbocycles. The number of aromatic nitrogens is 2. The predicted molar refractivity (Wildman–Crippen MR) is 46.1 cm³/mol. The smallest absolute Gasteiger partial charge is 0.214 e. The molecule has 0 bridgehead atoms. The number of aryl methyl sites for hydroxylation is 1. The van der Waals surface area contributed by atoms with Crippen LogP contribution in [0.5, 0.6) is 5.75 Å². The second kappa shape index (κ2) is 2.90. The fourth-order valence-electron chi connectivity index (χ4n) is 1.12. The SMILES string of the molecule is Cc1ccc(-c2ncon2)c(O)c1. The normalized spacial score (nSPS) is 10.2. The van der Waals surface area contributed by atoms with Gasteiger partial charge in [-0.1, -0.05) is 11.2 Å². The largest absolute Gasteiger partial charge is 0.507 e. The molecule has 0 aliphatic heterocycles. The Balaban J connectivity index is 2.53. The molecule has 2 rings (SSSR count). The van der Waals surface area contributed by atoms with Gasteiger partial charge in [0.05, 0.1) is 5.56 Å². The Labute approximate surface area is 74.8 Å². The molecule has 4 nitrogen and oxygen atoms in total. The van der Waals surface area contributed by atoms with Crippen LogP contribution >= 0.6 is 0 Å². The fraction of sp³-hybridized carbons (Fsp3) is 0.111. The van der Waals surface area contributed by atoms with Crippen LogP contribution in [0.15, 0.2) is 29.1 Å². The minimum Gasteiger partial charge on any atom is -0.507 e. The molecule has 1 aromatic carbocycles. The summed E-state index contributed by atoms with van der Waals surface area (Å²) in [6, 6.07) is 5.30. The Kier molecular flexibility index (Phi) is 1.73. The first kappa shape index (κ1) is 7.79. The van der Waals surface area contributed by atoms with Gasteiger partial charge in [0, 0.05) is 0 Å². The maximum atomic E-state index is 9.54. The van der Waals surface area contributed by atoms with Gasteiger partial charge in [0.15, 0.2) is 0 Å². The average molecular weight is 176 g/mol. The second-order valence-corrected chi connectivity index (χ2v) is 2.78. The standard InChI is InChI=1S/C9H8N2O2/c1-6-2-3-7(8(12)4-6)9-10-5-13-11-9/h2-5,12H,1H3. The van der Waals surface area contributed by atoms with Gasteiger partial charge in [-0.3, -0.25) is 0 Å². The monoisotopic (exact) mass is 176 g/mol. The molecule has 1 N–H and O–H groups in total. The Morgan fingerprint density at radius 1 is 1.38 bits per heavy atom. The van der Waals surface area contributed by atoms with E-state index in [9.17, 15) is 5.11 Å². The first-order valence-electron chi connectivity index (χ1n) is 3.84. The zero-order chi connectivity index (χ0) is 9.26. The average Bonchev–Trinajstić information content (AvgIpc) is 2.56. The van der Waals surface area contributed by atoms with Gasteiger partial charge in [0.25, 0.3) is 0 Å². The van der Waals surface area contributed by atoms with Crippen LogP contribution < -0.4 is 0 Å². The molecule has 4 heteroatoms. The van der Waals surface area contributed by atoms with Crippen molar-refractivity contribution in [2.75, 3.05) is 0 Å². The number of benzene rings is 1. The van der Waals surface area contributed by atoms with E-state index in [1.165, 1.54) is 6.39 Å². The van der Waals surface area contributed by atoms with Crippen LogP contribution in [-0.4, -0.2) is 15.2 Å². The van der Waals surface area contributed by atoms with Crippen LogP contribution in [0.1, 0.15) is 5.56 Å². The van der Waals surface area contributed by atoms with E-state index in [1.807, 2.05) is 13.0 Å². The van der Waals surface area contributed by atoms with E-state index in [1.54, 1.807) is 12.1 Å². The highest BCUT2D eigenvalue weighted by molar-refractivity contribution is 5.63. The fourth-order valence-corrected chi connectivity index (χ4v) is 1.12. The summed E-state index contributed by atoms with van der Waals surface area (Å²) < 4.78 is 4.58. The zero-order valence-electron chi connectivity index (χ0n) is 7.06. The van der Waals surface area contributed by atoms with Crippen molar-refractivity contribution in [2.24, 2.45) is 0 Å². The van der Waals surface area contributed by atoms with E-state index < -0.39 is 0 Å². The molecule has 0 radical (unpaired) electrons. The summed E-state index contributed by atoms with van der Waals surface area (Å²) in [6.07, 6.45) is 1.23. The van der Waals surface area contributed by atoms with E-state index in [-0.39, 0.29) is 5.75 Å². The lowest BCUT2D eigenvalue weighted by Gasteiger charge is -1.99. The number of nitrogens with zero attached hydrogens (tertiary/aromatic N) is 2. The van der Waals surface area contributed by atoms with Crippen molar-refractivity contribution in [1.82, 2.24) is 10.1 Å². The highest BCUT2D eigenvalue weighted by atomic mass is 16.5. The van der Waals surface area contributed by atoms with Crippen molar-refractivity contribution in [3.8, 4) is 17.1 Å². The maximum Gasteiger partial charge on any atom is 0.214 e. The minimum atomic E-state index is 0.168. The molecule has 0 atom stereocenters. The Bertz CT molecular complexity index is 410. The Hall–Kier alpha value is -1.84. The molecule has 0 aliphatic rings. The lowest BCUT2D eigenvalue weighted by molar-refractivity contribution is 0.418. The summed E-state index contributed by atoms with van der Waals surface area (Å²) >= 11 is 0. The van der Waals surface area contributed by atoms with Gasteiger partial charge >= 0.3 is 0 Å². The molecule has 13 heavy (non-hydrogen) atoms. The van der Waals surface area contributed by atoms with Crippen LogP contribution in [0.25, 0.3) is 11.4 Å². The Morgan fingerprint density at radius 3 is 2.85 bits per heavy atom. The van der Waals surface area contributed by atoms with Gasteiger partial charge in [-0.2, -0.15) is 4.98 Å². The van der Waals surface area contributed by atoms with E-state index >= 15 is 0 Å². The van der Waals surface area contributed by atoms with E-state index in [2.05, 4.69) is 14.7 Å². The third kappa shape index (κ3) is 1.38. The van der Waals surface area contributed by atoms with Crippen molar-refractivity contribution < 1.29 is 9.63 Å². The minimum absolute atomic E-state index is 0.168. The zero-order valence-corrected chi connectivity index (χ0v) is 7.06. The first-order valence-corrected chi connectivity index (χ1v) is 3.84. The van der Waals surface area contributed by atoms with Gasteiger partial charge < -0.3 is 9.63 Å². The molecular formula is C9H8N2O2. The van der Waals surface area contributed by atoms with Gasteiger partial charge in [-0.15, -0.1) is 0 Å². The molecule has 0 saturated carbocycles. The number of rotatable bonds is 1. The summed E-state index contributed by atoms with van der Waals surface area (Å²) in [5.74, 6) is 0.568. The van der Waals surface area contributed by atoms with Gasteiger partial charge in [-0.05, 0) is 24.6 Å². The molecule has 0 amide bonds. The number of hydrogen-bond acceptors (Lipinski definition) is 4. The van der Waals surface area contributed by atoms with E-state index in [4.69, 9.17) is 0 Å². The molecule has 0 unspecified atom stereocenters. The van der Waals surface area contributed by atoms with Gasteiger partial charge in [0.1, 0.15) is 5.75 Å². The van der Waals surface area contributed by atoms with Crippen LogP contribution in [0.4, 0.5) is 0 Å². The number of phenols is 1. The molecule has 66 valence electrons. The van der Waals surface area contributed by atoms with E-state index in [0.717, 1.165) is 5.56 Å². The molecule has 0 spiro atoms. The second-order valence-electron chi connectivity index (χ2n) is 2.78. The third-order valence-corrected chi connectivity index (χ3v) is 1.76. The lowest BCUT2D eigenvalue weighted by Crippen LogP contribution is -1.82. The molecule has 1 heterocycles. The van der Waals surface area contributed by atoms with Crippen molar-refractivity contribution in [1.29, 1.82) is 0 Å². The van der Waals surface area contributed by atoms with Crippen molar-refractivity contribution >= 4 is 0 Å². The molecular weight excluding hydrogens is 168 g/mol. The highest BCUT2D eigenvalue weighted by Crippen LogP contribution is 2.26. The van der Waals surface area contributed by atoms with Crippen LogP contribution in [0.3, 0.4) is 0 Å². The summed E-state index contributed by atoms with van der Waals surface area (Å²) in [7, 11) is 0. The Morgan fingerprint density at radius 2 is 2.23 bits per heavy atom. The lowest BCUT2D eigenvalue weighted by atomic mass is 10.1. The van der Waals surface area contributed by atoms with Crippen LogP contribution in [-0.2, 0) is 0 Å². The summed E-state index contributed by atoms with van der Waals surface area (Å²) in [4.78, 5) is 3.84. The number of hydrogen-bond donors (Lipinski definition) is 1. The van der Waals surface area contributed by atoms with Crippen LogP contribution in [0, 0.1) is 6.92 Å². The highest BCUT2D eigenvalue weighted by Gasteiger charge is 2.07. The molecule has 1 aromatic heterocycles. The summed E-state index contributed by atoms with van der Waals surface area (Å²) in [5, 5.41) is 13.2. The van der Waals surface area contributed by atoms with Crippen molar-refractivity contribution in [2.45, 2.75) is 6.92 Å². The number of phenolic OH excluding ortho intramolecular Hbond substituents is 1.